The molecule has 7 rings (SSSR count). The molecular formula is C68H88N12O12. The molecule has 8 atom stereocenters. The lowest BCUT2D eigenvalue weighted by molar-refractivity contribution is -0.176. The van der Waals surface area contributed by atoms with Crippen LogP contribution in [0.3, 0.4) is 0 Å². The summed E-state index contributed by atoms with van der Waals surface area (Å²) in [6.45, 7) is 18.3. The largest absolute Gasteiger partial charge is 0.451 e. The van der Waals surface area contributed by atoms with Crippen molar-refractivity contribution in [2.24, 2.45) is 23.7 Å². The number of cyclic esters (lactones) is 4. The Labute approximate surface area is 538 Å². The quantitative estimate of drug-likeness (QED) is 0.0614. The molecule has 1 aliphatic rings. The van der Waals surface area contributed by atoms with Crippen molar-refractivity contribution in [2.45, 2.75) is 169 Å². The van der Waals surface area contributed by atoms with E-state index in [1.807, 2.05) is 92.0 Å². The molecule has 2 aromatic carbocycles. The maximum Gasteiger partial charge on any atom is 0.329 e. The molecule has 0 bridgehead atoms. The fraction of sp³-hybridized carbons (Fsp3) is 0.500. The summed E-state index contributed by atoms with van der Waals surface area (Å²) in [5.74, 6) is -7.66. The van der Waals surface area contributed by atoms with Crippen LogP contribution < -0.4 is 0 Å². The van der Waals surface area contributed by atoms with Crippen LogP contribution in [0.2, 0.25) is 0 Å². The van der Waals surface area contributed by atoms with Crippen molar-refractivity contribution >= 4 is 47.5 Å². The van der Waals surface area contributed by atoms with Crippen molar-refractivity contribution < 1.29 is 57.3 Å². The molecule has 0 N–H and O–H groups in total. The number of nitrogens with zero attached hydrogens (tertiary/aromatic N) is 12. The van der Waals surface area contributed by atoms with Crippen molar-refractivity contribution in [3.05, 3.63) is 133 Å². The van der Waals surface area contributed by atoms with Gasteiger partial charge in [-0.3, -0.25) is 28.5 Å². The Balaban J connectivity index is 1.22. The minimum absolute atomic E-state index is 0.0619. The minimum Gasteiger partial charge on any atom is -0.451 e. The molecule has 5 heterocycles. The van der Waals surface area contributed by atoms with E-state index in [2.05, 4.69) is 30.1 Å². The first kappa shape index (κ1) is 70.2. The summed E-state index contributed by atoms with van der Waals surface area (Å²) >= 11 is 0. The Bertz CT molecular complexity index is 3220. The van der Waals surface area contributed by atoms with E-state index in [1.165, 1.54) is 54.7 Å². The van der Waals surface area contributed by atoms with Crippen molar-refractivity contribution in [3.8, 4) is 22.5 Å². The van der Waals surface area contributed by atoms with Crippen molar-refractivity contribution in [1.82, 2.24) is 59.1 Å². The number of amides is 4. The molecule has 4 aromatic heterocycles. The highest BCUT2D eigenvalue weighted by Crippen LogP contribution is 2.26. The number of hydrogen-bond acceptors (Lipinski definition) is 18. The van der Waals surface area contributed by atoms with E-state index in [1.54, 1.807) is 70.5 Å². The van der Waals surface area contributed by atoms with Gasteiger partial charge < -0.3 is 38.5 Å². The van der Waals surface area contributed by atoms with Gasteiger partial charge in [-0.05, 0) is 97.6 Å². The molecule has 0 radical (unpaired) electrons. The van der Waals surface area contributed by atoms with Crippen molar-refractivity contribution in [1.29, 1.82) is 0 Å². The van der Waals surface area contributed by atoms with Gasteiger partial charge in [0.15, 0.2) is 24.4 Å². The van der Waals surface area contributed by atoms with Gasteiger partial charge in [-0.1, -0.05) is 104 Å². The van der Waals surface area contributed by atoms with Crippen LogP contribution in [0.1, 0.15) is 117 Å². The third kappa shape index (κ3) is 18.9. The molecular weight excluding hydrogens is 1180 g/mol. The first-order chi connectivity index (χ1) is 43.7. The molecule has 92 heavy (non-hydrogen) atoms. The molecule has 0 aliphatic carbocycles. The van der Waals surface area contributed by atoms with Gasteiger partial charge in [0.1, 0.15) is 36.8 Å². The summed E-state index contributed by atoms with van der Waals surface area (Å²) in [7, 11) is 5.55. The molecule has 1 aliphatic heterocycles. The van der Waals surface area contributed by atoms with Gasteiger partial charge in [-0.2, -0.15) is 10.2 Å². The number of hydrogen-bond donors (Lipinski definition) is 0. The second-order valence-electron chi connectivity index (χ2n) is 25.5. The van der Waals surface area contributed by atoms with Crippen LogP contribution in [0.15, 0.2) is 110 Å². The lowest BCUT2D eigenvalue weighted by Gasteiger charge is -2.35. The average Bonchev–Trinajstić information content (AvgIpc) is 1.18. The molecule has 1 fully saturated rings. The van der Waals surface area contributed by atoms with Gasteiger partial charge in [0.2, 0.25) is 0 Å². The second-order valence-corrected chi connectivity index (χ2v) is 25.5. The molecule has 492 valence electrons. The molecule has 0 unspecified atom stereocenters. The Morgan fingerprint density at radius 2 is 0.696 bits per heavy atom. The zero-order valence-electron chi connectivity index (χ0n) is 55.2. The maximum absolute atomic E-state index is 15.2. The number of carbonyl (C=O) groups excluding carboxylic acids is 8. The smallest absolute Gasteiger partial charge is 0.329 e. The summed E-state index contributed by atoms with van der Waals surface area (Å²) in [6, 6.07) is 12.9. The van der Waals surface area contributed by atoms with Crippen LogP contribution in [-0.2, 0) is 83.2 Å². The monoisotopic (exact) mass is 1260 g/mol. The number of esters is 4. The van der Waals surface area contributed by atoms with Crippen LogP contribution >= 0.6 is 0 Å². The predicted octanol–water partition coefficient (Wildman–Crippen LogP) is 7.07. The highest BCUT2D eigenvalue weighted by Gasteiger charge is 2.43. The van der Waals surface area contributed by atoms with Crippen molar-refractivity contribution in [2.75, 3.05) is 28.2 Å². The number of rotatable bonds is 18. The summed E-state index contributed by atoms with van der Waals surface area (Å²) in [5, 5.41) is 9.00. The van der Waals surface area contributed by atoms with E-state index in [4.69, 9.17) is 18.9 Å². The molecule has 24 nitrogen and oxygen atoms in total. The zero-order chi connectivity index (χ0) is 67.1. The number of aromatic nitrogens is 8. The highest BCUT2D eigenvalue weighted by molar-refractivity contribution is 5.94. The Morgan fingerprint density at radius 1 is 0.402 bits per heavy atom. The summed E-state index contributed by atoms with van der Waals surface area (Å²) in [6.07, 6.45) is 7.11. The second kappa shape index (κ2) is 32.2. The van der Waals surface area contributed by atoms with Crippen LogP contribution in [-0.4, -0.2) is 183 Å². The molecule has 24 heteroatoms. The molecule has 1 saturated heterocycles. The Morgan fingerprint density at radius 3 is 0.989 bits per heavy atom. The van der Waals surface area contributed by atoms with E-state index >= 15 is 9.59 Å². The number of ether oxygens (including phenoxy) is 4. The SMILES string of the molecule is CC(C)C[C@H]1C(=O)O[C@H](Cc2ccc(Cn3cc(-c4ccncn4)cn3)cc2)C(=O)N(C)[C@@H](CC(C)C)C(=O)O[C@H](C)C(=O)N(C)[C@@H](CC(C)C)C(=O)O[C@H](Cc2ccc(Cn3cc(-c4ccncn4)cn3)cc2)C(=O)N(C)[C@@H](CC(C)C)C(=O)O[C@H](C)C(=O)N1C. The number of benzene rings is 2. The Kier molecular flexibility index (Phi) is 24.6. The third-order valence-corrected chi connectivity index (χ3v) is 16.1. The molecule has 0 spiro atoms. The number of carbonyl (C=O) groups is 8. The van der Waals surface area contributed by atoms with Crippen molar-refractivity contribution in [3.63, 3.8) is 0 Å². The summed E-state index contributed by atoms with van der Waals surface area (Å²) in [4.78, 5) is 140. The van der Waals surface area contributed by atoms with Crippen LogP contribution in [0.25, 0.3) is 22.5 Å². The van der Waals surface area contributed by atoms with Crippen LogP contribution in [0.4, 0.5) is 0 Å². The van der Waals surface area contributed by atoms with Gasteiger partial charge in [0.05, 0.1) is 36.9 Å². The van der Waals surface area contributed by atoms with Gasteiger partial charge >= 0.3 is 23.9 Å². The minimum atomic E-state index is -1.57. The number of likely N-dealkylation sites (N-methyl/N-ethyl adjacent to an activating group) is 4. The lowest BCUT2D eigenvalue weighted by atomic mass is 9.99. The summed E-state index contributed by atoms with van der Waals surface area (Å²) in [5.41, 5.74) is 5.94. The fourth-order valence-electron chi connectivity index (χ4n) is 10.9. The van der Waals surface area contributed by atoms with Crippen LogP contribution in [0.5, 0.6) is 0 Å². The van der Waals surface area contributed by atoms with Gasteiger partial charge in [0.25, 0.3) is 23.6 Å². The zero-order valence-corrected chi connectivity index (χ0v) is 55.2. The van der Waals surface area contributed by atoms with Crippen LogP contribution in [0, 0.1) is 23.7 Å². The maximum atomic E-state index is 15.2. The first-order valence-corrected chi connectivity index (χ1v) is 31.3. The highest BCUT2D eigenvalue weighted by atomic mass is 16.6. The lowest BCUT2D eigenvalue weighted by Crippen LogP contribution is -2.55. The molecule has 0 saturated carbocycles. The predicted molar refractivity (Wildman–Crippen MR) is 340 cm³/mol. The molecule has 6 aromatic rings. The van der Waals surface area contributed by atoms with E-state index in [9.17, 15) is 28.8 Å². The third-order valence-electron chi connectivity index (χ3n) is 16.1. The topological polar surface area (TPSA) is 274 Å². The van der Waals surface area contributed by atoms with Gasteiger partial charge in [-0.15, -0.1) is 0 Å². The first-order valence-electron chi connectivity index (χ1n) is 31.3. The summed E-state index contributed by atoms with van der Waals surface area (Å²) < 4.78 is 27.9. The van der Waals surface area contributed by atoms with E-state index in [0.29, 0.717) is 35.6 Å². The Hall–Kier alpha value is -9.22. The standard InChI is InChI=1S/C68H88N12O12/c1-41(2)27-55-65(85)89-45(9)61(81)75(11)58(30-44(7)8)68(88)92-60(32-48-17-21-50(22-18-48)36-80-38-52(34-74-80)54-24-26-70-40-72-54)64(84)78(14)56(28-42(3)4)66(86)90-46(10)62(82)76(12)57(29-43(5)6)67(87)91-59(63(83)77(55)13)31-47-15-19-49(20-16-47)35-79-37-51(33-73-79)53-23-25-69-39-71-53/h15-26,33-34,37-46,55-60H,27-32,35-36H2,1-14H3/t45-,46-,55+,56+,57+,58+,59-,60-/m1/s1. The van der Waals surface area contributed by atoms with E-state index in [0.717, 1.165) is 41.9 Å². The normalized spacial score (nSPS) is 21.7. The van der Waals surface area contributed by atoms with Gasteiger partial charge in [0, 0.05) is 76.9 Å². The average molecular weight is 1270 g/mol. The van der Waals surface area contributed by atoms with E-state index < -0.39 is 96.1 Å². The molecule has 4 amide bonds. The van der Waals surface area contributed by atoms with Gasteiger partial charge in [-0.25, -0.2) is 39.1 Å². The fourth-order valence-corrected chi connectivity index (χ4v) is 10.9. The van der Waals surface area contributed by atoms with E-state index in [-0.39, 0.29) is 62.2 Å².